The summed E-state index contributed by atoms with van der Waals surface area (Å²) in [5.41, 5.74) is 0.349. The molecule has 0 saturated heterocycles. The number of nitrogens with one attached hydrogen (secondary N) is 2. The van der Waals surface area contributed by atoms with Crippen molar-refractivity contribution in [2.24, 2.45) is 10.8 Å². The first kappa shape index (κ1) is 21.6. The molecule has 12 heteroatoms. The van der Waals surface area contributed by atoms with Crippen molar-refractivity contribution in [2.45, 2.75) is 38.8 Å². The molecular weight excluding hydrogens is 414 g/mol. The molecule has 2 unspecified atom stereocenters. The van der Waals surface area contributed by atoms with Gasteiger partial charge in [-0.3, -0.25) is 19.8 Å². The van der Waals surface area contributed by atoms with Gasteiger partial charge >= 0.3 is 6.09 Å². The lowest BCUT2D eigenvalue weighted by molar-refractivity contribution is 0.0559. The van der Waals surface area contributed by atoms with Crippen LogP contribution >= 0.6 is 22.9 Å². The molecule has 2 heterocycles. The number of nitrogen functional groups attached to an aromatic ring is 1. The summed E-state index contributed by atoms with van der Waals surface area (Å²) in [5.74, 6) is 4.90. The monoisotopic (exact) mass is 435 g/mol. The molecule has 1 aliphatic heterocycles. The van der Waals surface area contributed by atoms with Gasteiger partial charge in [0.2, 0.25) is 5.96 Å². The third-order valence-electron chi connectivity index (χ3n) is 3.50. The van der Waals surface area contributed by atoms with Crippen molar-refractivity contribution in [1.82, 2.24) is 15.0 Å². The van der Waals surface area contributed by atoms with E-state index in [4.69, 9.17) is 22.2 Å². The summed E-state index contributed by atoms with van der Waals surface area (Å²) >= 11 is 7.39. The van der Waals surface area contributed by atoms with Crippen LogP contribution in [0.5, 0.6) is 0 Å². The zero-order chi connectivity index (χ0) is 20.6. The number of hydrogen-bond donors (Lipinski definition) is 3. The van der Waals surface area contributed by atoms with Crippen molar-refractivity contribution in [2.75, 3.05) is 12.8 Å². The summed E-state index contributed by atoms with van der Waals surface area (Å²) in [5, 5.41) is 2.83. The molecule has 0 radical (unpaired) electrons. The van der Waals surface area contributed by atoms with Gasteiger partial charge < -0.3 is 4.74 Å². The summed E-state index contributed by atoms with van der Waals surface area (Å²) in [4.78, 5) is 29.3. The predicted molar refractivity (Wildman–Crippen MR) is 106 cm³/mol. The number of alkyl carbamates (subject to hydrolysis) is 1. The largest absolute Gasteiger partial charge is 0.444 e. The predicted octanol–water partition coefficient (Wildman–Crippen LogP) is 1.71. The second-order valence-corrected chi connectivity index (χ2v) is 10.00. The first-order chi connectivity index (χ1) is 12.4. The molecule has 0 bridgehead atoms. The van der Waals surface area contributed by atoms with Crippen LogP contribution in [0, 0.1) is 0 Å². The number of carbonyl (C=O) groups is 2. The number of rotatable bonds is 2. The Kier molecular flexibility index (Phi) is 6.19. The van der Waals surface area contributed by atoms with Crippen molar-refractivity contribution in [3.63, 3.8) is 0 Å². The van der Waals surface area contributed by atoms with E-state index in [0.717, 1.165) is 11.3 Å². The molecule has 0 spiro atoms. The van der Waals surface area contributed by atoms with E-state index in [1.165, 1.54) is 10.4 Å². The highest BCUT2D eigenvalue weighted by molar-refractivity contribution is 7.83. The van der Waals surface area contributed by atoms with Crippen LogP contribution in [-0.4, -0.2) is 44.9 Å². The molecule has 0 aromatic carbocycles. The average Bonchev–Trinajstić information content (AvgIpc) is 2.92. The molecule has 1 aliphatic rings. The van der Waals surface area contributed by atoms with E-state index < -0.39 is 34.1 Å². The Balaban J connectivity index is 2.39. The smallest absolute Gasteiger partial charge is 0.414 e. The molecule has 1 aromatic heterocycles. The van der Waals surface area contributed by atoms with Gasteiger partial charge in [0.15, 0.2) is 0 Å². The van der Waals surface area contributed by atoms with E-state index in [-0.39, 0.29) is 11.7 Å². The van der Waals surface area contributed by atoms with E-state index >= 15 is 0 Å². The van der Waals surface area contributed by atoms with Crippen LogP contribution in [0.3, 0.4) is 0 Å². The van der Waals surface area contributed by atoms with Crippen molar-refractivity contribution < 1.29 is 18.5 Å². The third-order valence-corrected chi connectivity index (χ3v) is 6.89. The van der Waals surface area contributed by atoms with Gasteiger partial charge in [-0.1, -0.05) is 11.6 Å². The Morgan fingerprint density at radius 1 is 1.48 bits per heavy atom. The van der Waals surface area contributed by atoms with Crippen LogP contribution in [0.1, 0.15) is 42.2 Å². The van der Waals surface area contributed by atoms with E-state index in [1.54, 1.807) is 34.7 Å². The van der Waals surface area contributed by atoms with E-state index in [1.807, 2.05) is 5.43 Å². The molecule has 2 rings (SSSR count). The summed E-state index contributed by atoms with van der Waals surface area (Å²) < 4.78 is 19.2. The van der Waals surface area contributed by atoms with Crippen LogP contribution in [0.2, 0.25) is 5.02 Å². The van der Waals surface area contributed by atoms with Crippen LogP contribution in [0.4, 0.5) is 4.79 Å². The summed E-state index contributed by atoms with van der Waals surface area (Å²) in [6, 6.07) is 1.48. The number of amides is 2. The Labute approximate surface area is 168 Å². The number of thiophene rings is 1. The second-order valence-electron chi connectivity index (χ2n) is 7.06. The molecule has 1 aromatic rings. The maximum atomic E-state index is 12.6. The topological polar surface area (TPSA) is 126 Å². The average molecular weight is 436 g/mol. The molecule has 0 saturated carbocycles. The van der Waals surface area contributed by atoms with Gasteiger partial charge in [-0.25, -0.2) is 19.8 Å². The quantitative estimate of drug-likeness (QED) is 0.370. The number of nitrogens with zero attached hydrogens (tertiary/aromatic N) is 2. The number of hydrogen-bond acceptors (Lipinski definition) is 7. The molecule has 150 valence electrons. The van der Waals surface area contributed by atoms with E-state index in [9.17, 15) is 13.8 Å². The highest BCUT2D eigenvalue weighted by atomic mass is 35.5. The molecule has 2 amide bonds. The molecule has 0 fully saturated rings. The minimum Gasteiger partial charge on any atom is -0.444 e. The molecule has 0 aliphatic carbocycles. The minimum absolute atomic E-state index is 0.0885. The minimum atomic E-state index is -1.48. The van der Waals surface area contributed by atoms with Gasteiger partial charge in [0.1, 0.15) is 22.1 Å². The van der Waals surface area contributed by atoms with Crippen LogP contribution < -0.4 is 16.6 Å². The second kappa shape index (κ2) is 7.74. The van der Waals surface area contributed by atoms with Gasteiger partial charge in [0.25, 0.3) is 5.91 Å². The first-order valence-corrected chi connectivity index (χ1v) is 10.4. The van der Waals surface area contributed by atoms with E-state index in [2.05, 4.69) is 10.3 Å². The number of hydrazine groups is 1. The molecule has 2 atom stereocenters. The number of halogens is 1. The van der Waals surface area contributed by atoms with Crippen molar-refractivity contribution in [3.05, 3.63) is 20.8 Å². The Bertz CT molecular complexity index is 820. The summed E-state index contributed by atoms with van der Waals surface area (Å²) in [6.45, 7) is 6.93. The summed E-state index contributed by atoms with van der Waals surface area (Å²) in [7, 11) is 0.0699. The lowest BCUT2D eigenvalue weighted by Gasteiger charge is -2.34. The lowest BCUT2D eigenvalue weighted by Crippen LogP contribution is -2.51. The normalized spacial score (nSPS) is 22.9. The summed E-state index contributed by atoms with van der Waals surface area (Å²) in [6.07, 6.45) is -0.713. The first-order valence-electron chi connectivity index (χ1n) is 7.89. The van der Waals surface area contributed by atoms with Crippen LogP contribution in [0.15, 0.2) is 11.1 Å². The standard InChI is InChI=1S/C15H22ClN5O4S2/c1-14(2,3)25-13(23)18-12-19-15(4,7-27(24)21(12)5)10-8(16)6-9(26-10)11(22)20-17/h6H,7,17H2,1-5H3,(H,20,22)(H,18,19,23). The fraction of sp³-hybridized carbons (Fsp3) is 0.533. The number of carbonyl (C=O) groups excluding carboxylic acids is 2. The molecule has 9 nitrogen and oxygen atoms in total. The number of nitrogens with two attached hydrogens (primary N) is 1. The fourth-order valence-corrected chi connectivity index (χ4v) is 5.10. The SMILES string of the molecule is CN1C(NC(=O)OC(C)(C)C)=NC(C)(c2sc(C(=O)NN)cc2Cl)CS1=O. The zero-order valence-corrected chi connectivity index (χ0v) is 18.0. The third kappa shape index (κ3) is 4.98. The number of aliphatic imine (C=N–C) groups is 1. The van der Waals surface area contributed by atoms with Crippen LogP contribution in [-0.2, 0) is 21.3 Å². The number of guanidine groups is 1. The van der Waals surface area contributed by atoms with Crippen molar-refractivity contribution >= 4 is 51.9 Å². The van der Waals surface area contributed by atoms with Gasteiger partial charge in [-0.05, 0) is 33.8 Å². The number of ether oxygens (including phenoxy) is 1. The highest BCUT2D eigenvalue weighted by Crippen LogP contribution is 2.40. The molecule has 4 N–H and O–H groups in total. The maximum absolute atomic E-state index is 12.6. The van der Waals surface area contributed by atoms with Gasteiger partial charge in [-0.2, -0.15) is 0 Å². The van der Waals surface area contributed by atoms with E-state index in [0.29, 0.717) is 14.8 Å². The van der Waals surface area contributed by atoms with Crippen molar-refractivity contribution in [3.8, 4) is 0 Å². The fourth-order valence-electron chi connectivity index (χ4n) is 2.31. The van der Waals surface area contributed by atoms with Gasteiger partial charge in [0.05, 0.1) is 20.5 Å². The maximum Gasteiger partial charge on any atom is 0.414 e. The van der Waals surface area contributed by atoms with Gasteiger partial charge in [0, 0.05) is 7.05 Å². The zero-order valence-electron chi connectivity index (χ0n) is 15.6. The molecular formula is C15H22ClN5O4S2. The van der Waals surface area contributed by atoms with Crippen molar-refractivity contribution in [1.29, 1.82) is 0 Å². The molecule has 27 heavy (non-hydrogen) atoms. The Morgan fingerprint density at radius 2 is 2.11 bits per heavy atom. The lowest BCUT2D eigenvalue weighted by atomic mass is 10.0. The Hall–Kier alpha value is -1.69. The highest BCUT2D eigenvalue weighted by Gasteiger charge is 2.40. The van der Waals surface area contributed by atoms with Gasteiger partial charge in [-0.15, -0.1) is 11.3 Å². The van der Waals surface area contributed by atoms with Crippen LogP contribution in [0.25, 0.3) is 0 Å². The Morgan fingerprint density at radius 3 is 2.67 bits per heavy atom.